The van der Waals surface area contributed by atoms with Crippen molar-refractivity contribution in [1.29, 1.82) is 5.26 Å². The van der Waals surface area contributed by atoms with Gasteiger partial charge in [0.25, 0.3) is 0 Å². The number of nitrogens with zero attached hydrogens (tertiary/aromatic N) is 2. The van der Waals surface area contributed by atoms with Crippen LogP contribution < -0.4 is 5.73 Å². The second-order valence-corrected chi connectivity index (χ2v) is 6.42. The number of halogens is 1. The van der Waals surface area contributed by atoms with E-state index in [1.54, 1.807) is 30.3 Å². The lowest BCUT2D eigenvalue weighted by molar-refractivity contribution is 0.100. The van der Waals surface area contributed by atoms with Crippen molar-refractivity contribution in [3.8, 4) is 6.07 Å². The number of carbonyl (C=O) groups excluding carboxylic acids is 1. The molecule has 0 bridgehead atoms. The van der Waals surface area contributed by atoms with Gasteiger partial charge in [-0.3, -0.25) is 4.79 Å². The van der Waals surface area contributed by atoms with Crippen LogP contribution in [-0.2, 0) is 6.54 Å². The van der Waals surface area contributed by atoms with Gasteiger partial charge in [0.15, 0.2) is 0 Å². The maximum Gasteiger partial charge on any atom is 0.249 e. The topological polar surface area (TPSA) is 71.8 Å². The smallest absolute Gasteiger partial charge is 0.249 e. The number of hydrogen-bond donors (Lipinski definition) is 1. The quantitative estimate of drug-likeness (QED) is 0.594. The third kappa shape index (κ3) is 2.50. The molecule has 26 heavy (non-hydrogen) atoms. The van der Waals surface area contributed by atoms with Crippen molar-refractivity contribution >= 4 is 39.3 Å². The lowest BCUT2D eigenvalue weighted by Gasteiger charge is -2.09. The molecule has 1 aromatic heterocycles. The predicted octanol–water partition coefficient (Wildman–Crippen LogP) is 4.27. The van der Waals surface area contributed by atoms with Crippen molar-refractivity contribution in [1.82, 2.24) is 4.57 Å². The molecule has 2 N–H and O–H groups in total. The molecule has 0 saturated carbocycles. The molecule has 4 nitrogen and oxygen atoms in total. The zero-order valence-electron chi connectivity index (χ0n) is 13.7. The molecule has 3 aromatic carbocycles. The molecule has 0 aliphatic heterocycles. The fraction of sp³-hybridized carbons (Fsp3) is 0.0476. The summed E-state index contributed by atoms with van der Waals surface area (Å²) in [6, 6.07) is 21.7. The van der Waals surface area contributed by atoms with Crippen molar-refractivity contribution in [2.24, 2.45) is 5.73 Å². The average Bonchev–Trinajstić information content (AvgIpc) is 2.97. The Morgan fingerprint density at radius 1 is 1.19 bits per heavy atom. The van der Waals surface area contributed by atoms with Crippen molar-refractivity contribution in [3.63, 3.8) is 0 Å². The van der Waals surface area contributed by atoms with Crippen LogP contribution in [0.1, 0.15) is 21.5 Å². The molecule has 0 unspecified atom stereocenters. The molecule has 4 aromatic rings. The van der Waals surface area contributed by atoms with Crippen LogP contribution >= 0.6 is 11.6 Å². The summed E-state index contributed by atoms with van der Waals surface area (Å²) >= 11 is 6.48. The molecule has 0 fully saturated rings. The number of carbonyl (C=O) groups is 1. The number of nitrogens with two attached hydrogens (primary N) is 1. The van der Waals surface area contributed by atoms with E-state index in [9.17, 15) is 4.79 Å². The van der Waals surface area contributed by atoms with Gasteiger partial charge in [-0.1, -0.05) is 35.9 Å². The molecular formula is C21H13ClN3O. The maximum absolute atomic E-state index is 11.9. The van der Waals surface area contributed by atoms with E-state index in [1.807, 2.05) is 24.3 Å². The Bertz CT molecular complexity index is 1200. The molecule has 0 spiro atoms. The Balaban J connectivity index is 2.02. The summed E-state index contributed by atoms with van der Waals surface area (Å²) < 4.78 is 2.05. The van der Waals surface area contributed by atoms with E-state index in [4.69, 9.17) is 22.6 Å². The summed E-state index contributed by atoms with van der Waals surface area (Å²) in [4.78, 5) is 11.9. The van der Waals surface area contributed by atoms with Crippen molar-refractivity contribution in [2.75, 3.05) is 0 Å². The van der Waals surface area contributed by atoms with Gasteiger partial charge in [0, 0.05) is 22.9 Å². The van der Waals surface area contributed by atoms with E-state index >= 15 is 0 Å². The van der Waals surface area contributed by atoms with Crippen LogP contribution in [0.25, 0.3) is 21.8 Å². The predicted molar refractivity (Wildman–Crippen MR) is 102 cm³/mol. The summed E-state index contributed by atoms with van der Waals surface area (Å²) in [6.45, 7) is 0.547. The first kappa shape index (κ1) is 16.2. The lowest BCUT2D eigenvalue weighted by Crippen LogP contribution is -2.11. The number of nitriles is 1. The number of benzene rings is 3. The van der Waals surface area contributed by atoms with E-state index in [0.717, 1.165) is 27.4 Å². The standard InChI is InChI=1S/C21H13ClN3O/c22-17-5-1-3-15-19-16(21(24)26)4-2-6-18(19)25(20(15)17)12-14-9-7-13(11-23)8-10-14/h1-2,4-10H,12H2,(H2,24,26). The van der Waals surface area contributed by atoms with E-state index in [-0.39, 0.29) is 0 Å². The minimum absolute atomic E-state index is 0.449. The highest BCUT2D eigenvalue weighted by atomic mass is 35.5. The second-order valence-electron chi connectivity index (χ2n) is 6.01. The first-order valence-corrected chi connectivity index (χ1v) is 8.38. The van der Waals surface area contributed by atoms with Gasteiger partial charge in [-0.15, -0.1) is 0 Å². The van der Waals surface area contributed by atoms with Gasteiger partial charge < -0.3 is 10.3 Å². The molecule has 5 heteroatoms. The largest absolute Gasteiger partial charge is 0.366 e. The summed E-state index contributed by atoms with van der Waals surface area (Å²) in [5, 5.41) is 11.1. The number of aromatic nitrogens is 1. The monoisotopic (exact) mass is 358 g/mol. The van der Waals surface area contributed by atoms with Gasteiger partial charge in [-0.25, -0.2) is 0 Å². The van der Waals surface area contributed by atoms with Gasteiger partial charge in [0.1, 0.15) is 0 Å². The third-order valence-electron chi connectivity index (χ3n) is 4.46. The Morgan fingerprint density at radius 3 is 2.65 bits per heavy atom. The first-order chi connectivity index (χ1) is 12.6. The van der Waals surface area contributed by atoms with E-state index < -0.39 is 5.91 Å². The normalized spacial score (nSPS) is 10.9. The molecule has 0 aliphatic rings. The molecule has 125 valence electrons. The highest BCUT2D eigenvalue weighted by Crippen LogP contribution is 2.35. The summed E-state index contributed by atoms with van der Waals surface area (Å²) in [6.07, 6.45) is 0. The third-order valence-corrected chi connectivity index (χ3v) is 4.77. The van der Waals surface area contributed by atoms with E-state index in [2.05, 4.69) is 16.7 Å². The Hall–Kier alpha value is -3.29. The van der Waals surface area contributed by atoms with Gasteiger partial charge in [-0.2, -0.15) is 5.26 Å². The van der Waals surface area contributed by atoms with Crippen LogP contribution in [0.15, 0.2) is 54.6 Å². The zero-order valence-corrected chi connectivity index (χ0v) is 14.4. The van der Waals surface area contributed by atoms with E-state index in [1.165, 1.54) is 0 Å². The minimum Gasteiger partial charge on any atom is -0.366 e. The molecule has 1 radical (unpaired) electrons. The molecule has 0 saturated heterocycles. The number of rotatable bonds is 3. The SMILES string of the molecule is N#Cc1ccc(Cn2c3cccc(C(N)=O)c3c3[c]ccc(Cl)c32)cc1. The van der Waals surface area contributed by atoms with Crippen molar-refractivity contribution in [3.05, 3.63) is 82.4 Å². The zero-order chi connectivity index (χ0) is 18.3. The van der Waals surface area contributed by atoms with Gasteiger partial charge in [0.05, 0.1) is 27.7 Å². The van der Waals surface area contributed by atoms with Gasteiger partial charge >= 0.3 is 0 Å². The van der Waals surface area contributed by atoms with Gasteiger partial charge in [0.2, 0.25) is 5.91 Å². The van der Waals surface area contributed by atoms with Crippen LogP contribution in [-0.4, -0.2) is 10.5 Å². The summed E-state index contributed by atoms with van der Waals surface area (Å²) in [7, 11) is 0. The van der Waals surface area contributed by atoms with Crippen LogP contribution in [0.3, 0.4) is 0 Å². The van der Waals surface area contributed by atoms with Crippen LogP contribution in [0.4, 0.5) is 0 Å². The fourth-order valence-electron chi connectivity index (χ4n) is 3.30. The number of fused-ring (bicyclic) bond motifs is 3. The molecular weight excluding hydrogens is 346 g/mol. The molecule has 1 amide bonds. The van der Waals surface area contributed by atoms with Gasteiger partial charge in [-0.05, 0) is 42.0 Å². The fourth-order valence-corrected chi connectivity index (χ4v) is 3.56. The highest BCUT2D eigenvalue weighted by molar-refractivity contribution is 6.36. The maximum atomic E-state index is 11.9. The van der Waals surface area contributed by atoms with Crippen molar-refractivity contribution in [2.45, 2.75) is 6.54 Å². The lowest BCUT2D eigenvalue weighted by atomic mass is 10.1. The molecule has 1 heterocycles. The van der Waals surface area contributed by atoms with Crippen LogP contribution in [0.5, 0.6) is 0 Å². The molecule has 4 rings (SSSR count). The molecule has 0 aliphatic carbocycles. The minimum atomic E-state index is -0.485. The van der Waals surface area contributed by atoms with E-state index in [0.29, 0.717) is 22.7 Å². The summed E-state index contributed by atoms with van der Waals surface area (Å²) in [5.41, 5.74) is 9.33. The van der Waals surface area contributed by atoms with Crippen LogP contribution in [0.2, 0.25) is 5.02 Å². The number of hydrogen-bond acceptors (Lipinski definition) is 2. The number of amides is 1. The Labute approximate surface area is 155 Å². The van der Waals surface area contributed by atoms with Crippen LogP contribution in [0, 0.1) is 17.4 Å². The van der Waals surface area contributed by atoms with Crippen molar-refractivity contribution < 1.29 is 4.79 Å². The molecule has 0 atom stereocenters. The highest BCUT2D eigenvalue weighted by Gasteiger charge is 2.18. The number of primary amides is 1. The summed E-state index contributed by atoms with van der Waals surface area (Å²) in [5.74, 6) is -0.485. The Morgan fingerprint density at radius 2 is 1.96 bits per heavy atom. The average molecular weight is 359 g/mol. The Kier molecular flexibility index (Phi) is 3.87. The first-order valence-electron chi connectivity index (χ1n) is 8.00. The second kappa shape index (κ2) is 6.21.